The highest BCUT2D eigenvalue weighted by molar-refractivity contribution is 5.95. The first-order valence-electron chi connectivity index (χ1n) is 8.31. The Labute approximate surface area is 151 Å². The second-order valence-electron chi connectivity index (χ2n) is 6.20. The molecule has 0 radical (unpaired) electrons. The van der Waals surface area contributed by atoms with Gasteiger partial charge in [0.2, 0.25) is 5.91 Å². The van der Waals surface area contributed by atoms with Crippen molar-refractivity contribution in [3.63, 3.8) is 0 Å². The van der Waals surface area contributed by atoms with Crippen LogP contribution in [-0.2, 0) is 11.2 Å². The molecule has 1 atom stereocenters. The van der Waals surface area contributed by atoms with E-state index in [-0.39, 0.29) is 5.91 Å². The van der Waals surface area contributed by atoms with Gasteiger partial charge in [-0.3, -0.25) is 4.79 Å². The Balaban J connectivity index is 1.87. The number of rotatable bonds is 6. The van der Waals surface area contributed by atoms with E-state index in [4.69, 9.17) is 4.74 Å². The third-order valence-electron chi connectivity index (χ3n) is 4.10. The van der Waals surface area contributed by atoms with Gasteiger partial charge in [0.25, 0.3) is 0 Å². The molecule has 0 aliphatic carbocycles. The Hall–Kier alpha value is -3.22. The number of benzene rings is 2. The summed E-state index contributed by atoms with van der Waals surface area (Å²) in [5.41, 5.74) is 3.82. The number of nitrogens with one attached hydrogen (secondary N) is 2. The summed E-state index contributed by atoms with van der Waals surface area (Å²) < 4.78 is 5.40. The van der Waals surface area contributed by atoms with E-state index in [1.807, 2.05) is 50.2 Å². The van der Waals surface area contributed by atoms with E-state index in [0.717, 1.165) is 28.1 Å². The molecule has 0 saturated heterocycles. The van der Waals surface area contributed by atoms with Gasteiger partial charge in [0.05, 0.1) is 7.11 Å². The first-order chi connectivity index (χ1) is 12.6. The predicted octanol–water partition coefficient (Wildman–Crippen LogP) is 2.79. The zero-order chi connectivity index (χ0) is 18.5. The van der Waals surface area contributed by atoms with Crippen LogP contribution in [0, 0.1) is 13.8 Å². The number of aryl methyl sites for hydroxylation is 2. The summed E-state index contributed by atoms with van der Waals surface area (Å²) in [7, 11) is 1.61. The van der Waals surface area contributed by atoms with E-state index < -0.39 is 5.92 Å². The predicted molar refractivity (Wildman–Crippen MR) is 98.2 cm³/mol. The van der Waals surface area contributed by atoms with Gasteiger partial charge in [0.15, 0.2) is 5.82 Å². The molecule has 0 bridgehead atoms. The van der Waals surface area contributed by atoms with Crippen molar-refractivity contribution in [1.29, 1.82) is 0 Å². The molecule has 0 fully saturated rings. The summed E-state index contributed by atoms with van der Waals surface area (Å²) in [5.74, 6) is 0.283. The molecule has 0 aliphatic rings. The Morgan fingerprint density at radius 1 is 1.19 bits per heavy atom. The zero-order valence-electron chi connectivity index (χ0n) is 15.0. The average Bonchev–Trinajstić information content (AvgIpc) is 3.13. The minimum absolute atomic E-state index is 0.192. The number of hydrogen-bond donors (Lipinski definition) is 2. The molecule has 2 N–H and O–H groups in total. The van der Waals surface area contributed by atoms with Crippen LogP contribution in [-0.4, -0.2) is 33.6 Å². The van der Waals surface area contributed by atoms with Crippen molar-refractivity contribution in [3.8, 4) is 5.75 Å². The van der Waals surface area contributed by atoms with Crippen LogP contribution < -0.4 is 10.1 Å². The number of para-hydroxylation sites is 1. The molecule has 26 heavy (non-hydrogen) atoms. The number of ether oxygens (including phenoxy) is 1. The smallest absolute Gasteiger partial charge is 0.235 e. The van der Waals surface area contributed by atoms with Crippen molar-refractivity contribution in [2.75, 3.05) is 12.4 Å². The molecule has 7 nitrogen and oxygen atoms in total. The van der Waals surface area contributed by atoms with Crippen molar-refractivity contribution in [2.45, 2.75) is 26.2 Å². The van der Waals surface area contributed by atoms with Gasteiger partial charge in [-0.15, -0.1) is 10.2 Å². The minimum atomic E-state index is -0.592. The normalized spacial score (nSPS) is 11.8. The standard InChI is InChI=1S/C19H21N5O2/c1-12-8-13(2)10-15(9-12)20-19(25)16(18-21-23-24-22-18)11-14-6-4-5-7-17(14)26-3/h4-10,16H,11H2,1-3H3,(H,20,25)(H,21,22,23,24). The minimum Gasteiger partial charge on any atom is -0.496 e. The van der Waals surface area contributed by atoms with Crippen molar-refractivity contribution in [2.24, 2.45) is 0 Å². The fourth-order valence-corrected chi connectivity index (χ4v) is 2.99. The molecule has 134 valence electrons. The fraction of sp³-hybridized carbons (Fsp3) is 0.263. The van der Waals surface area contributed by atoms with Crippen LogP contribution in [0.1, 0.15) is 28.4 Å². The SMILES string of the molecule is COc1ccccc1CC(C(=O)Nc1cc(C)cc(C)c1)c1nn[nH]n1. The molecule has 3 aromatic rings. The Morgan fingerprint density at radius 2 is 1.92 bits per heavy atom. The van der Waals surface area contributed by atoms with Crippen molar-refractivity contribution in [1.82, 2.24) is 20.6 Å². The molecule has 2 aromatic carbocycles. The van der Waals surface area contributed by atoms with Gasteiger partial charge < -0.3 is 10.1 Å². The number of methoxy groups -OCH3 is 1. The Morgan fingerprint density at radius 3 is 2.58 bits per heavy atom. The molecular formula is C19H21N5O2. The van der Waals surface area contributed by atoms with Gasteiger partial charge in [-0.05, 0) is 55.2 Å². The van der Waals surface area contributed by atoms with Crippen LogP contribution in [0.2, 0.25) is 0 Å². The number of aromatic amines is 1. The summed E-state index contributed by atoms with van der Waals surface area (Å²) in [6, 6.07) is 13.5. The van der Waals surface area contributed by atoms with Gasteiger partial charge in [0.1, 0.15) is 11.7 Å². The van der Waals surface area contributed by atoms with Gasteiger partial charge >= 0.3 is 0 Å². The second-order valence-corrected chi connectivity index (χ2v) is 6.20. The van der Waals surface area contributed by atoms with Crippen molar-refractivity contribution < 1.29 is 9.53 Å². The van der Waals surface area contributed by atoms with Crippen LogP contribution in [0.25, 0.3) is 0 Å². The molecule has 0 spiro atoms. The van der Waals surface area contributed by atoms with Crippen LogP contribution in [0.3, 0.4) is 0 Å². The number of anilines is 1. The Kier molecular flexibility index (Phi) is 5.26. The molecule has 1 unspecified atom stereocenters. The Bertz CT molecular complexity index is 872. The van der Waals surface area contributed by atoms with E-state index in [2.05, 4.69) is 32.0 Å². The topological polar surface area (TPSA) is 92.8 Å². The third kappa shape index (κ3) is 4.05. The van der Waals surface area contributed by atoms with Crippen molar-refractivity contribution >= 4 is 11.6 Å². The van der Waals surface area contributed by atoms with Gasteiger partial charge in [0, 0.05) is 5.69 Å². The highest BCUT2D eigenvalue weighted by atomic mass is 16.5. The fourth-order valence-electron chi connectivity index (χ4n) is 2.99. The molecule has 0 aliphatic heterocycles. The molecule has 3 rings (SSSR count). The van der Waals surface area contributed by atoms with E-state index in [0.29, 0.717) is 12.2 Å². The number of aromatic nitrogens is 4. The lowest BCUT2D eigenvalue weighted by atomic mass is 9.96. The number of hydrogen-bond acceptors (Lipinski definition) is 5. The highest BCUT2D eigenvalue weighted by Gasteiger charge is 2.26. The summed E-state index contributed by atoms with van der Waals surface area (Å²) >= 11 is 0. The molecule has 1 heterocycles. The quantitative estimate of drug-likeness (QED) is 0.712. The van der Waals surface area contributed by atoms with Crippen LogP contribution in [0.5, 0.6) is 5.75 Å². The number of carbonyl (C=O) groups excluding carboxylic acids is 1. The monoisotopic (exact) mass is 351 g/mol. The van der Waals surface area contributed by atoms with Crippen LogP contribution in [0.15, 0.2) is 42.5 Å². The molecule has 7 heteroatoms. The largest absolute Gasteiger partial charge is 0.496 e. The first kappa shape index (κ1) is 17.6. The number of carbonyl (C=O) groups is 1. The summed E-state index contributed by atoms with van der Waals surface area (Å²) in [5, 5.41) is 17.0. The lowest BCUT2D eigenvalue weighted by Crippen LogP contribution is -2.24. The molecule has 1 amide bonds. The van der Waals surface area contributed by atoms with E-state index >= 15 is 0 Å². The zero-order valence-corrected chi connectivity index (χ0v) is 15.0. The highest BCUT2D eigenvalue weighted by Crippen LogP contribution is 2.26. The van der Waals surface area contributed by atoms with E-state index in [9.17, 15) is 4.79 Å². The van der Waals surface area contributed by atoms with E-state index in [1.165, 1.54) is 0 Å². The number of nitrogens with zero attached hydrogens (tertiary/aromatic N) is 3. The number of amides is 1. The average molecular weight is 351 g/mol. The molecular weight excluding hydrogens is 330 g/mol. The van der Waals surface area contributed by atoms with Crippen LogP contribution >= 0.6 is 0 Å². The van der Waals surface area contributed by atoms with Gasteiger partial charge in [-0.2, -0.15) is 5.21 Å². The molecule has 1 aromatic heterocycles. The summed E-state index contributed by atoms with van der Waals surface area (Å²) in [4.78, 5) is 13.0. The maximum Gasteiger partial charge on any atom is 0.235 e. The maximum atomic E-state index is 13.0. The second kappa shape index (κ2) is 7.77. The summed E-state index contributed by atoms with van der Waals surface area (Å²) in [6.07, 6.45) is 0.403. The lowest BCUT2D eigenvalue weighted by molar-refractivity contribution is -0.117. The molecule has 0 saturated carbocycles. The first-order valence-corrected chi connectivity index (χ1v) is 8.31. The number of H-pyrrole nitrogens is 1. The van der Waals surface area contributed by atoms with Gasteiger partial charge in [-0.25, -0.2) is 0 Å². The summed E-state index contributed by atoms with van der Waals surface area (Å²) in [6.45, 7) is 3.99. The maximum absolute atomic E-state index is 13.0. The third-order valence-corrected chi connectivity index (χ3v) is 4.10. The van der Waals surface area contributed by atoms with Crippen LogP contribution in [0.4, 0.5) is 5.69 Å². The van der Waals surface area contributed by atoms with Crippen molar-refractivity contribution in [3.05, 3.63) is 65.0 Å². The number of tetrazole rings is 1. The van der Waals surface area contributed by atoms with Gasteiger partial charge in [-0.1, -0.05) is 29.5 Å². The van der Waals surface area contributed by atoms with E-state index in [1.54, 1.807) is 7.11 Å². The lowest BCUT2D eigenvalue weighted by Gasteiger charge is -2.16.